The van der Waals surface area contributed by atoms with Gasteiger partial charge in [-0.2, -0.15) is 0 Å². The lowest BCUT2D eigenvalue weighted by Gasteiger charge is -2.32. The van der Waals surface area contributed by atoms with Crippen LogP contribution in [-0.2, 0) is 28.6 Å². The second-order valence-electron chi connectivity index (χ2n) is 8.06. The highest BCUT2D eigenvalue weighted by Crippen LogP contribution is 2.21. The number of benzene rings is 1. The van der Waals surface area contributed by atoms with Gasteiger partial charge in [0.25, 0.3) is 5.91 Å². The van der Waals surface area contributed by atoms with Crippen molar-refractivity contribution in [3.05, 3.63) is 35.9 Å². The van der Waals surface area contributed by atoms with Crippen LogP contribution in [0.3, 0.4) is 0 Å². The van der Waals surface area contributed by atoms with Crippen molar-refractivity contribution < 1.29 is 33.7 Å². The Hall–Kier alpha value is -3.05. The minimum Gasteiger partial charge on any atom is -0.426 e. The molecule has 10 nitrogen and oxygen atoms in total. The Morgan fingerprint density at radius 3 is 2.56 bits per heavy atom. The van der Waals surface area contributed by atoms with Crippen LogP contribution in [0.5, 0.6) is 0 Å². The van der Waals surface area contributed by atoms with Gasteiger partial charge in [-0.25, -0.2) is 0 Å². The highest BCUT2D eigenvalue weighted by molar-refractivity contribution is 6.45. The van der Waals surface area contributed by atoms with E-state index in [1.54, 1.807) is 30.3 Å². The van der Waals surface area contributed by atoms with Crippen molar-refractivity contribution in [1.29, 1.82) is 0 Å². The Balaban J connectivity index is 1.70. The molecule has 0 aromatic heterocycles. The minimum atomic E-state index is -1.30. The molecule has 2 fully saturated rings. The third-order valence-electron chi connectivity index (χ3n) is 5.58. The maximum atomic E-state index is 13.1. The Morgan fingerprint density at radius 2 is 1.91 bits per heavy atom. The summed E-state index contributed by atoms with van der Waals surface area (Å²) in [6.45, 7) is 1.63. The van der Waals surface area contributed by atoms with Crippen LogP contribution in [0.25, 0.3) is 0 Å². The van der Waals surface area contributed by atoms with Gasteiger partial charge in [-0.3, -0.25) is 24.0 Å². The normalized spacial score (nSPS) is 24.3. The number of hydrogen-bond acceptors (Lipinski definition) is 7. The molecule has 4 N–H and O–H groups in total. The first-order valence-electron chi connectivity index (χ1n) is 10.6. The van der Waals surface area contributed by atoms with Crippen LogP contribution >= 0.6 is 0 Å². The number of nitrogens with one attached hydrogen (secondary N) is 3. The molecule has 32 heavy (non-hydrogen) atoms. The lowest BCUT2D eigenvalue weighted by Crippen LogP contribution is -2.56. The highest BCUT2D eigenvalue weighted by Gasteiger charge is 2.40. The molecule has 4 atom stereocenters. The summed E-state index contributed by atoms with van der Waals surface area (Å²) in [5.74, 6) is -4.91. The first-order chi connectivity index (χ1) is 15.3. The lowest BCUT2D eigenvalue weighted by atomic mass is 9.72. The Bertz CT molecular complexity index is 895. The van der Waals surface area contributed by atoms with Crippen LogP contribution in [0.1, 0.15) is 44.2 Å². The molecule has 3 rings (SSSR count). The third-order valence-corrected chi connectivity index (χ3v) is 5.58. The summed E-state index contributed by atoms with van der Waals surface area (Å²) in [6, 6.07) is 7.32. The third kappa shape index (κ3) is 5.80. The molecule has 0 aliphatic carbocycles. The first-order valence-corrected chi connectivity index (χ1v) is 10.6. The molecule has 2 aliphatic heterocycles. The smallest absolute Gasteiger partial charge is 0.426 e. The van der Waals surface area contributed by atoms with Crippen molar-refractivity contribution >= 4 is 36.4 Å². The van der Waals surface area contributed by atoms with Gasteiger partial charge in [0.1, 0.15) is 17.7 Å². The maximum Gasteiger partial charge on any atom is 0.478 e. The van der Waals surface area contributed by atoms with Gasteiger partial charge in [-0.1, -0.05) is 30.3 Å². The van der Waals surface area contributed by atoms with Crippen molar-refractivity contribution in [2.45, 2.75) is 50.7 Å². The molecule has 0 radical (unpaired) electrons. The summed E-state index contributed by atoms with van der Waals surface area (Å²) in [7, 11) is -1.30. The van der Waals surface area contributed by atoms with Gasteiger partial charge in [0, 0.05) is 19.1 Å². The molecule has 2 heterocycles. The van der Waals surface area contributed by atoms with E-state index in [0.717, 1.165) is 0 Å². The van der Waals surface area contributed by atoms with Crippen LogP contribution in [0, 0.1) is 5.92 Å². The minimum absolute atomic E-state index is 0.0533. The number of amides is 3. The molecular weight excluding hydrogens is 417 g/mol. The average molecular weight is 443 g/mol. The van der Waals surface area contributed by atoms with E-state index >= 15 is 0 Å². The van der Waals surface area contributed by atoms with E-state index in [1.165, 1.54) is 6.92 Å². The fourth-order valence-corrected chi connectivity index (χ4v) is 3.89. The van der Waals surface area contributed by atoms with E-state index in [0.29, 0.717) is 18.4 Å². The van der Waals surface area contributed by atoms with E-state index in [4.69, 9.17) is 4.65 Å². The number of carbonyl (C=O) groups excluding carboxylic acids is 5. The van der Waals surface area contributed by atoms with Gasteiger partial charge in [0.15, 0.2) is 0 Å². The van der Waals surface area contributed by atoms with E-state index in [-0.39, 0.29) is 25.2 Å². The summed E-state index contributed by atoms with van der Waals surface area (Å²) in [6.07, 6.45) is 0.788. The summed E-state index contributed by atoms with van der Waals surface area (Å²) in [4.78, 5) is 60.8. The zero-order valence-electron chi connectivity index (χ0n) is 17.7. The summed E-state index contributed by atoms with van der Waals surface area (Å²) < 4.78 is 5.44. The first kappa shape index (κ1) is 23.6. The Labute approximate surface area is 185 Å². The van der Waals surface area contributed by atoms with Crippen LogP contribution < -0.4 is 16.0 Å². The topological polar surface area (TPSA) is 151 Å². The van der Waals surface area contributed by atoms with Crippen molar-refractivity contribution in [3.8, 4) is 0 Å². The SMILES string of the molecule is CC(=O)C[C@@H]1CC[C@H](NC(=O)[C@H](NC(=O)C2CCNC(=O)C2=O)c2ccccc2)B(O)O1. The maximum absolute atomic E-state index is 13.1. The Morgan fingerprint density at radius 1 is 1.19 bits per heavy atom. The molecular formula is C21H26BN3O7. The van der Waals surface area contributed by atoms with Gasteiger partial charge in [0.2, 0.25) is 17.6 Å². The molecule has 11 heteroatoms. The number of rotatable bonds is 7. The van der Waals surface area contributed by atoms with E-state index in [2.05, 4.69) is 16.0 Å². The number of Topliss-reactive ketones (excluding diaryl/α,β-unsaturated/α-hetero) is 2. The molecule has 170 valence electrons. The summed E-state index contributed by atoms with van der Waals surface area (Å²) >= 11 is 0. The molecule has 2 saturated heterocycles. The van der Waals surface area contributed by atoms with Crippen molar-refractivity contribution in [2.75, 3.05) is 6.54 Å². The summed E-state index contributed by atoms with van der Waals surface area (Å²) in [5, 5.41) is 17.9. The molecule has 1 aromatic rings. The van der Waals surface area contributed by atoms with Crippen LogP contribution in [0.15, 0.2) is 30.3 Å². The molecule has 1 unspecified atom stereocenters. The van der Waals surface area contributed by atoms with E-state index in [1.807, 2.05) is 0 Å². The monoisotopic (exact) mass is 443 g/mol. The van der Waals surface area contributed by atoms with E-state index < -0.39 is 54.6 Å². The predicted octanol–water partition coefficient (Wildman–Crippen LogP) is -0.788. The van der Waals surface area contributed by atoms with Gasteiger partial charge in [-0.05, 0) is 31.7 Å². The fraction of sp³-hybridized carbons (Fsp3) is 0.476. The van der Waals surface area contributed by atoms with Gasteiger partial charge in [0.05, 0.1) is 5.94 Å². The Kier molecular flexibility index (Phi) is 7.76. The average Bonchev–Trinajstić information content (AvgIpc) is 2.75. The number of ketones is 2. The molecule has 0 bridgehead atoms. The predicted molar refractivity (Wildman–Crippen MR) is 113 cm³/mol. The van der Waals surface area contributed by atoms with Crippen LogP contribution in [0.2, 0.25) is 0 Å². The van der Waals surface area contributed by atoms with Crippen LogP contribution in [-0.4, -0.2) is 60.0 Å². The largest absolute Gasteiger partial charge is 0.478 e. The van der Waals surface area contributed by atoms with Gasteiger partial charge >= 0.3 is 7.12 Å². The molecule has 0 saturated carbocycles. The highest BCUT2D eigenvalue weighted by atomic mass is 16.5. The molecule has 2 aliphatic rings. The molecule has 0 spiro atoms. The fourth-order valence-electron chi connectivity index (χ4n) is 3.89. The second-order valence-corrected chi connectivity index (χ2v) is 8.06. The zero-order chi connectivity index (χ0) is 23.3. The van der Waals surface area contributed by atoms with E-state index in [9.17, 15) is 29.0 Å². The van der Waals surface area contributed by atoms with Gasteiger partial charge in [-0.15, -0.1) is 0 Å². The van der Waals surface area contributed by atoms with Crippen molar-refractivity contribution in [1.82, 2.24) is 16.0 Å². The molecule has 1 aromatic carbocycles. The lowest BCUT2D eigenvalue weighted by molar-refractivity contribution is -0.146. The quantitative estimate of drug-likeness (QED) is 0.245. The number of piperidine rings is 1. The zero-order valence-corrected chi connectivity index (χ0v) is 17.7. The van der Waals surface area contributed by atoms with Crippen LogP contribution in [0.4, 0.5) is 0 Å². The van der Waals surface area contributed by atoms with Gasteiger partial charge < -0.3 is 25.6 Å². The standard InChI is InChI=1S/C21H26BN3O7/c1-12(26)11-14-7-8-16(22(31)32-14)24-20(29)17(13-5-3-2-4-6-13)25-19(28)15-9-10-23-21(30)18(15)27/h2-6,14-17,31H,7-11H2,1H3,(H,23,30)(H,24,29)(H,25,28)/t14-,15?,16-,17+/m0/s1. The second kappa shape index (κ2) is 10.5. The summed E-state index contributed by atoms with van der Waals surface area (Å²) in [5.41, 5.74) is 0.478. The van der Waals surface area contributed by atoms with Crippen molar-refractivity contribution in [2.24, 2.45) is 5.92 Å². The number of hydrogen-bond donors (Lipinski definition) is 4. The molecule has 3 amide bonds. The van der Waals surface area contributed by atoms with Crippen molar-refractivity contribution in [3.63, 3.8) is 0 Å². The number of carbonyl (C=O) groups is 5.